The lowest BCUT2D eigenvalue weighted by atomic mass is 10.5. The standard InChI is InChI=1S/C9H16N2/c1-4-7-10-11(8-5-2)9-6-3/h5-7H,2-4,8-9H2,1H3/b10-7+. The van der Waals surface area contributed by atoms with Crippen molar-refractivity contribution in [2.45, 2.75) is 13.3 Å². The Kier molecular flexibility index (Phi) is 6.39. The Morgan fingerprint density at radius 3 is 2.18 bits per heavy atom. The summed E-state index contributed by atoms with van der Waals surface area (Å²) < 4.78 is 0. The van der Waals surface area contributed by atoms with Crippen molar-refractivity contribution in [3.05, 3.63) is 25.3 Å². The molecule has 62 valence electrons. The van der Waals surface area contributed by atoms with Crippen LogP contribution in [0.4, 0.5) is 0 Å². The highest BCUT2D eigenvalue weighted by atomic mass is 15.4. The van der Waals surface area contributed by atoms with Crippen LogP contribution >= 0.6 is 0 Å². The van der Waals surface area contributed by atoms with Crippen molar-refractivity contribution >= 4 is 6.21 Å². The summed E-state index contributed by atoms with van der Waals surface area (Å²) in [7, 11) is 0. The van der Waals surface area contributed by atoms with Crippen molar-refractivity contribution in [2.75, 3.05) is 13.1 Å². The molecule has 2 heteroatoms. The smallest absolute Gasteiger partial charge is 0.0542 e. The Labute approximate surface area is 68.9 Å². The van der Waals surface area contributed by atoms with E-state index in [2.05, 4.69) is 25.2 Å². The first kappa shape index (κ1) is 9.95. The molecule has 0 unspecified atom stereocenters. The van der Waals surface area contributed by atoms with E-state index in [9.17, 15) is 0 Å². The molecule has 0 aliphatic rings. The van der Waals surface area contributed by atoms with Crippen molar-refractivity contribution in [1.29, 1.82) is 0 Å². The second-order valence-corrected chi connectivity index (χ2v) is 2.16. The molecule has 0 aliphatic carbocycles. The van der Waals surface area contributed by atoms with Crippen LogP contribution in [0.3, 0.4) is 0 Å². The van der Waals surface area contributed by atoms with Gasteiger partial charge in [0.1, 0.15) is 0 Å². The van der Waals surface area contributed by atoms with E-state index >= 15 is 0 Å². The zero-order valence-corrected chi connectivity index (χ0v) is 7.16. The van der Waals surface area contributed by atoms with Gasteiger partial charge in [-0.25, -0.2) is 0 Å². The molecule has 0 radical (unpaired) electrons. The van der Waals surface area contributed by atoms with Gasteiger partial charge in [0.05, 0.1) is 13.1 Å². The normalized spacial score (nSPS) is 9.91. The molecular weight excluding hydrogens is 136 g/mol. The van der Waals surface area contributed by atoms with Gasteiger partial charge < -0.3 is 0 Å². The summed E-state index contributed by atoms with van der Waals surface area (Å²) in [5.74, 6) is 0. The Morgan fingerprint density at radius 2 is 1.82 bits per heavy atom. The van der Waals surface area contributed by atoms with Gasteiger partial charge in [-0.2, -0.15) is 5.10 Å². The molecule has 0 bridgehead atoms. The van der Waals surface area contributed by atoms with Crippen LogP contribution < -0.4 is 0 Å². The van der Waals surface area contributed by atoms with Gasteiger partial charge in [-0.15, -0.1) is 13.2 Å². The Balaban J connectivity index is 3.76. The Bertz CT molecular complexity index is 128. The minimum Gasteiger partial charge on any atom is -0.290 e. The first-order valence-electron chi connectivity index (χ1n) is 3.84. The van der Waals surface area contributed by atoms with Crippen LogP contribution in [0.2, 0.25) is 0 Å². The zero-order valence-electron chi connectivity index (χ0n) is 7.16. The first-order chi connectivity index (χ1) is 5.35. The van der Waals surface area contributed by atoms with Gasteiger partial charge in [-0.3, -0.25) is 5.01 Å². The SMILES string of the molecule is C=CCN(CC=C)/N=C/CC. The minimum atomic E-state index is 0.780. The summed E-state index contributed by atoms with van der Waals surface area (Å²) in [4.78, 5) is 0. The third-order valence-corrected chi connectivity index (χ3v) is 1.11. The van der Waals surface area contributed by atoms with Crippen molar-refractivity contribution in [3.8, 4) is 0 Å². The van der Waals surface area contributed by atoms with E-state index in [1.54, 1.807) is 0 Å². The van der Waals surface area contributed by atoms with Crippen molar-refractivity contribution in [3.63, 3.8) is 0 Å². The lowest BCUT2D eigenvalue weighted by Crippen LogP contribution is -2.17. The highest BCUT2D eigenvalue weighted by Gasteiger charge is 1.90. The second kappa shape index (κ2) is 7.06. The molecule has 0 N–H and O–H groups in total. The fraction of sp³-hybridized carbons (Fsp3) is 0.444. The molecule has 0 saturated carbocycles. The molecule has 0 amide bonds. The second-order valence-electron chi connectivity index (χ2n) is 2.16. The van der Waals surface area contributed by atoms with Crippen molar-refractivity contribution < 1.29 is 0 Å². The van der Waals surface area contributed by atoms with E-state index in [-0.39, 0.29) is 0 Å². The topological polar surface area (TPSA) is 15.6 Å². The number of nitrogens with zero attached hydrogens (tertiary/aromatic N) is 2. The fourth-order valence-corrected chi connectivity index (χ4v) is 0.664. The molecule has 0 spiro atoms. The Morgan fingerprint density at radius 1 is 1.27 bits per heavy atom. The minimum absolute atomic E-state index is 0.780. The molecule has 0 heterocycles. The number of hydrazone groups is 1. The molecule has 0 aromatic rings. The van der Waals surface area contributed by atoms with E-state index in [1.165, 1.54) is 0 Å². The van der Waals surface area contributed by atoms with E-state index in [4.69, 9.17) is 0 Å². The maximum absolute atomic E-state index is 4.19. The molecule has 0 fully saturated rings. The number of hydrogen-bond acceptors (Lipinski definition) is 2. The van der Waals surface area contributed by atoms with E-state index in [0.717, 1.165) is 19.5 Å². The molecule has 11 heavy (non-hydrogen) atoms. The monoisotopic (exact) mass is 152 g/mol. The number of rotatable bonds is 6. The van der Waals surface area contributed by atoms with Gasteiger partial charge in [0.25, 0.3) is 0 Å². The number of hydrogen-bond donors (Lipinski definition) is 0. The molecule has 0 aromatic heterocycles. The quantitative estimate of drug-likeness (QED) is 0.323. The molecule has 0 aromatic carbocycles. The van der Waals surface area contributed by atoms with Gasteiger partial charge in [-0.05, 0) is 6.42 Å². The molecule has 2 nitrogen and oxygen atoms in total. The summed E-state index contributed by atoms with van der Waals surface area (Å²) in [6, 6.07) is 0. The predicted molar refractivity (Wildman–Crippen MR) is 50.8 cm³/mol. The van der Waals surface area contributed by atoms with E-state index in [1.807, 2.05) is 23.4 Å². The largest absolute Gasteiger partial charge is 0.290 e. The van der Waals surface area contributed by atoms with Crippen molar-refractivity contribution in [2.24, 2.45) is 5.10 Å². The van der Waals surface area contributed by atoms with Crippen molar-refractivity contribution in [1.82, 2.24) is 5.01 Å². The summed E-state index contributed by atoms with van der Waals surface area (Å²) in [5, 5.41) is 6.09. The van der Waals surface area contributed by atoms with Gasteiger partial charge in [0.2, 0.25) is 0 Å². The van der Waals surface area contributed by atoms with E-state index in [0.29, 0.717) is 0 Å². The fourth-order valence-electron chi connectivity index (χ4n) is 0.664. The van der Waals surface area contributed by atoms with Crippen LogP contribution in [0.5, 0.6) is 0 Å². The lowest BCUT2D eigenvalue weighted by Gasteiger charge is -2.13. The average molecular weight is 152 g/mol. The zero-order chi connectivity index (χ0) is 8.53. The lowest BCUT2D eigenvalue weighted by molar-refractivity contribution is 0.357. The summed E-state index contributed by atoms with van der Waals surface area (Å²) in [6.45, 7) is 10.9. The van der Waals surface area contributed by atoms with Gasteiger partial charge in [0, 0.05) is 6.21 Å². The molecule has 0 saturated heterocycles. The molecule has 0 rings (SSSR count). The van der Waals surface area contributed by atoms with Crippen LogP contribution in [0.25, 0.3) is 0 Å². The summed E-state index contributed by atoms with van der Waals surface area (Å²) in [6.07, 6.45) is 6.50. The predicted octanol–water partition coefficient (Wildman–Crippen LogP) is 2.06. The highest BCUT2D eigenvalue weighted by Crippen LogP contribution is 1.89. The van der Waals surface area contributed by atoms with E-state index < -0.39 is 0 Å². The molecular formula is C9H16N2. The van der Waals surface area contributed by atoms with Crippen LogP contribution in [-0.4, -0.2) is 24.3 Å². The van der Waals surface area contributed by atoms with Crippen LogP contribution in [0, 0.1) is 0 Å². The van der Waals surface area contributed by atoms with Gasteiger partial charge >= 0.3 is 0 Å². The first-order valence-corrected chi connectivity index (χ1v) is 3.84. The third kappa shape index (κ3) is 5.40. The third-order valence-electron chi connectivity index (χ3n) is 1.11. The average Bonchev–Trinajstić information content (AvgIpc) is 2.01. The maximum atomic E-state index is 4.19. The Hall–Kier alpha value is -1.05. The maximum Gasteiger partial charge on any atom is 0.0542 e. The van der Waals surface area contributed by atoms with Crippen LogP contribution in [0.15, 0.2) is 30.4 Å². The summed E-state index contributed by atoms with van der Waals surface area (Å²) >= 11 is 0. The van der Waals surface area contributed by atoms with Crippen LogP contribution in [-0.2, 0) is 0 Å². The summed E-state index contributed by atoms with van der Waals surface area (Å²) in [5.41, 5.74) is 0. The van der Waals surface area contributed by atoms with Gasteiger partial charge in [-0.1, -0.05) is 19.1 Å². The molecule has 0 aliphatic heterocycles. The highest BCUT2D eigenvalue weighted by molar-refractivity contribution is 5.56. The van der Waals surface area contributed by atoms with Crippen LogP contribution in [0.1, 0.15) is 13.3 Å². The van der Waals surface area contributed by atoms with Gasteiger partial charge in [0.15, 0.2) is 0 Å². The molecule has 0 atom stereocenters.